The van der Waals surface area contributed by atoms with Crippen molar-refractivity contribution in [1.29, 1.82) is 0 Å². The molecule has 0 aromatic heterocycles. The van der Waals surface area contributed by atoms with Gasteiger partial charge in [0.1, 0.15) is 0 Å². The molecule has 0 bridgehead atoms. The van der Waals surface area contributed by atoms with Crippen LogP contribution in [0.3, 0.4) is 0 Å². The highest BCUT2D eigenvalue weighted by Crippen LogP contribution is 1.78. The summed E-state index contributed by atoms with van der Waals surface area (Å²) in [4.78, 5) is 2.01. The minimum Gasteiger partial charge on any atom is -0.309 e. The van der Waals surface area contributed by atoms with Gasteiger partial charge in [-0.25, -0.2) is 5.11 Å². The van der Waals surface area contributed by atoms with E-state index in [1.54, 1.807) is 0 Å². The second-order valence-electron chi connectivity index (χ2n) is 1.86. The zero-order chi connectivity index (χ0) is 5.70. The van der Waals surface area contributed by atoms with Gasteiger partial charge in [0.15, 0.2) is 0 Å². The molecule has 0 aromatic carbocycles. The number of hydrogen-bond acceptors (Lipinski definition) is 1. The van der Waals surface area contributed by atoms with Gasteiger partial charge in [-0.1, -0.05) is 0 Å². The maximum absolute atomic E-state index is 9.81. The molecule has 0 aliphatic heterocycles. The van der Waals surface area contributed by atoms with Crippen LogP contribution < -0.4 is 0 Å². The van der Waals surface area contributed by atoms with E-state index in [-0.39, 0.29) is 6.61 Å². The predicted octanol–water partition coefficient (Wildman–Crippen LogP) is 0.369. The van der Waals surface area contributed by atoms with Gasteiger partial charge >= 0.3 is 0 Å². The van der Waals surface area contributed by atoms with E-state index in [0.29, 0.717) is 0 Å². The minimum absolute atomic E-state index is 0.0537. The van der Waals surface area contributed by atoms with Gasteiger partial charge in [0.25, 0.3) is 0 Å². The Balaban J connectivity index is 2.68. The molecule has 0 fully saturated rings. The molecule has 0 spiro atoms. The van der Waals surface area contributed by atoms with E-state index in [9.17, 15) is 5.11 Å². The van der Waals surface area contributed by atoms with Crippen LogP contribution >= 0.6 is 0 Å². The molecule has 7 heavy (non-hydrogen) atoms. The summed E-state index contributed by atoms with van der Waals surface area (Å²) in [6.45, 7) is 0.974. The molecule has 1 radical (unpaired) electrons. The van der Waals surface area contributed by atoms with Crippen LogP contribution in [0.4, 0.5) is 0 Å². The lowest BCUT2D eigenvalue weighted by Gasteiger charge is -2.04. The molecule has 0 saturated carbocycles. The average molecular weight is 102 g/mol. The molecule has 0 N–H and O–H groups in total. The first-order valence-corrected chi connectivity index (χ1v) is 2.50. The fourth-order valence-electron chi connectivity index (χ4n) is 0.381. The molecule has 0 rings (SSSR count). The summed E-state index contributed by atoms with van der Waals surface area (Å²) in [6, 6.07) is 0. The molecule has 0 amide bonds. The van der Waals surface area contributed by atoms with Crippen LogP contribution in [0.5, 0.6) is 0 Å². The Bertz CT molecular complexity index is 37.1. The molecule has 0 aliphatic rings. The number of rotatable bonds is 3. The fraction of sp³-hybridized carbons (Fsp3) is 1.00. The van der Waals surface area contributed by atoms with Crippen LogP contribution in [0.25, 0.3) is 0 Å². The molecular weight excluding hydrogens is 90.1 g/mol. The number of hydrogen-bond donors (Lipinski definition) is 0. The Morgan fingerprint density at radius 2 is 2.00 bits per heavy atom. The third-order valence-electron chi connectivity index (χ3n) is 0.750. The van der Waals surface area contributed by atoms with Crippen molar-refractivity contribution in [2.24, 2.45) is 0 Å². The zero-order valence-corrected chi connectivity index (χ0v) is 4.98. The highest BCUT2D eigenvalue weighted by Gasteiger charge is 1.85. The van der Waals surface area contributed by atoms with Gasteiger partial charge in [0.2, 0.25) is 0 Å². The van der Waals surface area contributed by atoms with Crippen molar-refractivity contribution in [1.82, 2.24) is 4.90 Å². The van der Waals surface area contributed by atoms with Crippen LogP contribution in [-0.4, -0.2) is 32.1 Å². The molecule has 0 saturated heterocycles. The van der Waals surface area contributed by atoms with Gasteiger partial charge in [-0.15, -0.1) is 0 Å². The van der Waals surface area contributed by atoms with Gasteiger partial charge in [0.05, 0.1) is 6.61 Å². The fourth-order valence-corrected chi connectivity index (χ4v) is 0.381. The van der Waals surface area contributed by atoms with Crippen LogP contribution in [0.1, 0.15) is 6.42 Å². The number of nitrogens with zero attached hydrogens (tertiary/aromatic N) is 1. The van der Waals surface area contributed by atoms with E-state index in [4.69, 9.17) is 0 Å². The predicted molar refractivity (Wildman–Crippen MR) is 28.7 cm³/mol. The van der Waals surface area contributed by atoms with E-state index in [2.05, 4.69) is 0 Å². The molecule has 0 aliphatic carbocycles. The van der Waals surface area contributed by atoms with Crippen LogP contribution in [-0.2, 0) is 5.11 Å². The molecule has 0 aromatic rings. The van der Waals surface area contributed by atoms with Gasteiger partial charge in [-0.05, 0) is 27.1 Å². The van der Waals surface area contributed by atoms with Crippen molar-refractivity contribution in [3.8, 4) is 0 Å². The van der Waals surface area contributed by atoms with Gasteiger partial charge in [0, 0.05) is 0 Å². The maximum atomic E-state index is 9.81. The minimum atomic E-state index is 0.0537. The monoisotopic (exact) mass is 102 g/mol. The van der Waals surface area contributed by atoms with Crippen molar-refractivity contribution in [3.05, 3.63) is 0 Å². The Hall–Kier alpha value is -0.0800. The van der Waals surface area contributed by atoms with Crippen molar-refractivity contribution in [3.63, 3.8) is 0 Å². The Labute approximate surface area is 44.8 Å². The third kappa shape index (κ3) is 5.92. The summed E-state index contributed by atoms with van der Waals surface area (Å²) >= 11 is 0. The maximum Gasteiger partial charge on any atom is 0.0834 e. The Kier molecular flexibility index (Phi) is 4.04. The molecule has 2 heteroatoms. The van der Waals surface area contributed by atoms with Crippen molar-refractivity contribution < 1.29 is 5.11 Å². The lowest BCUT2D eigenvalue weighted by molar-refractivity contribution is 0.178. The summed E-state index contributed by atoms with van der Waals surface area (Å²) in [5.74, 6) is 0. The third-order valence-corrected chi connectivity index (χ3v) is 0.750. The molecule has 0 atom stereocenters. The van der Waals surface area contributed by atoms with Gasteiger partial charge in [-0.2, -0.15) is 0 Å². The van der Waals surface area contributed by atoms with E-state index >= 15 is 0 Å². The highest BCUT2D eigenvalue weighted by atomic mass is 16.3. The van der Waals surface area contributed by atoms with E-state index < -0.39 is 0 Å². The van der Waals surface area contributed by atoms with Crippen molar-refractivity contribution in [2.45, 2.75) is 6.42 Å². The first-order valence-electron chi connectivity index (χ1n) is 2.50. The summed E-state index contributed by atoms with van der Waals surface area (Å²) < 4.78 is 0. The van der Waals surface area contributed by atoms with E-state index in [1.165, 1.54) is 0 Å². The Morgan fingerprint density at radius 1 is 1.43 bits per heavy atom. The van der Waals surface area contributed by atoms with Crippen LogP contribution in [0.2, 0.25) is 0 Å². The SMILES string of the molecule is CN(C)CCC[O]. The van der Waals surface area contributed by atoms with E-state index in [1.807, 2.05) is 19.0 Å². The molecule has 0 unspecified atom stereocenters. The normalized spacial score (nSPS) is 10.3. The summed E-state index contributed by atoms with van der Waals surface area (Å²) in [6.07, 6.45) is 0.771. The topological polar surface area (TPSA) is 23.1 Å². The van der Waals surface area contributed by atoms with Crippen LogP contribution in [0.15, 0.2) is 0 Å². The smallest absolute Gasteiger partial charge is 0.0834 e. The lowest BCUT2D eigenvalue weighted by Crippen LogP contribution is -2.13. The van der Waals surface area contributed by atoms with Crippen LogP contribution in [0, 0.1) is 0 Å². The van der Waals surface area contributed by atoms with E-state index in [0.717, 1.165) is 13.0 Å². The summed E-state index contributed by atoms with van der Waals surface area (Å²) in [5, 5.41) is 9.81. The Morgan fingerprint density at radius 3 is 2.14 bits per heavy atom. The summed E-state index contributed by atoms with van der Waals surface area (Å²) in [5.41, 5.74) is 0. The largest absolute Gasteiger partial charge is 0.309 e. The van der Waals surface area contributed by atoms with Gasteiger partial charge < -0.3 is 4.90 Å². The molecule has 2 nitrogen and oxygen atoms in total. The summed E-state index contributed by atoms with van der Waals surface area (Å²) in [7, 11) is 3.94. The zero-order valence-electron chi connectivity index (χ0n) is 4.98. The standard InChI is InChI=1S/C5H12NO/c1-6(2)4-3-5-7/h3-5H2,1-2H3. The second kappa shape index (κ2) is 4.09. The second-order valence-corrected chi connectivity index (χ2v) is 1.86. The van der Waals surface area contributed by atoms with Crippen molar-refractivity contribution in [2.75, 3.05) is 27.2 Å². The first-order chi connectivity index (χ1) is 3.27. The first kappa shape index (κ1) is 6.92. The van der Waals surface area contributed by atoms with Crippen molar-refractivity contribution >= 4 is 0 Å². The average Bonchev–Trinajstić information content (AvgIpc) is 1.61. The molecule has 0 heterocycles. The lowest BCUT2D eigenvalue weighted by atomic mass is 10.4. The van der Waals surface area contributed by atoms with Gasteiger partial charge in [-0.3, -0.25) is 0 Å². The molecule has 43 valence electrons. The molecular formula is C5H12NO. The quantitative estimate of drug-likeness (QED) is 0.505. The highest BCUT2D eigenvalue weighted by molar-refractivity contribution is 4.39.